The molecule has 14 heavy (non-hydrogen) atoms. The van der Waals surface area contributed by atoms with E-state index in [0.717, 1.165) is 5.56 Å². The Balaban J connectivity index is 3.12. The van der Waals surface area contributed by atoms with E-state index in [0.29, 0.717) is 16.6 Å². The van der Waals surface area contributed by atoms with Crippen LogP contribution in [0.3, 0.4) is 0 Å². The van der Waals surface area contributed by atoms with E-state index in [9.17, 15) is 4.79 Å². The summed E-state index contributed by atoms with van der Waals surface area (Å²) in [4.78, 5) is 11.6. The maximum Gasteiger partial charge on any atom is 0.182 e. The number of hydrogen-bond donors (Lipinski definition) is 1. The summed E-state index contributed by atoms with van der Waals surface area (Å²) < 4.78 is 0. The van der Waals surface area contributed by atoms with Crippen LogP contribution >= 0.6 is 27.5 Å². The molecule has 0 amide bonds. The SMILES string of the molecule is CC(Cl)C(=O)c1cc(CBr)ccc1N. The first-order valence-corrected chi connectivity index (χ1v) is 5.74. The Morgan fingerprint density at radius 1 is 1.64 bits per heavy atom. The van der Waals surface area contributed by atoms with Crippen molar-refractivity contribution in [2.75, 3.05) is 5.73 Å². The highest BCUT2D eigenvalue weighted by molar-refractivity contribution is 9.08. The monoisotopic (exact) mass is 275 g/mol. The molecular weight excluding hydrogens is 265 g/mol. The first kappa shape index (κ1) is 11.5. The van der Waals surface area contributed by atoms with Crippen molar-refractivity contribution >= 4 is 39.0 Å². The number of halogens is 2. The van der Waals surface area contributed by atoms with E-state index < -0.39 is 5.38 Å². The Kier molecular flexibility index (Phi) is 3.96. The lowest BCUT2D eigenvalue weighted by molar-refractivity contribution is 0.0992. The summed E-state index contributed by atoms with van der Waals surface area (Å²) in [5.74, 6) is -0.132. The van der Waals surface area contributed by atoms with Gasteiger partial charge in [-0.2, -0.15) is 0 Å². The number of ketones is 1. The zero-order chi connectivity index (χ0) is 10.7. The van der Waals surface area contributed by atoms with Crippen molar-refractivity contribution in [3.05, 3.63) is 29.3 Å². The number of Topliss-reactive ketones (excluding diaryl/α,β-unsaturated/α-hetero) is 1. The van der Waals surface area contributed by atoms with Crippen molar-refractivity contribution in [3.8, 4) is 0 Å². The summed E-state index contributed by atoms with van der Waals surface area (Å²) in [6.45, 7) is 1.64. The third-order valence-electron chi connectivity index (χ3n) is 1.90. The number of carbonyl (C=O) groups is 1. The topological polar surface area (TPSA) is 43.1 Å². The van der Waals surface area contributed by atoms with Gasteiger partial charge in [-0.05, 0) is 24.6 Å². The molecule has 0 aromatic heterocycles. The number of anilines is 1. The maximum atomic E-state index is 11.6. The summed E-state index contributed by atoms with van der Waals surface area (Å²) in [6, 6.07) is 5.37. The van der Waals surface area contributed by atoms with Crippen LogP contribution in [0.1, 0.15) is 22.8 Å². The normalized spacial score (nSPS) is 12.5. The summed E-state index contributed by atoms with van der Waals surface area (Å²) in [5, 5.41) is 0.160. The molecule has 0 spiro atoms. The Morgan fingerprint density at radius 2 is 2.29 bits per heavy atom. The lowest BCUT2D eigenvalue weighted by Crippen LogP contribution is -2.13. The zero-order valence-electron chi connectivity index (χ0n) is 7.76. The van der Waals surface area contributed by atoms with Crippen LogP contribution in [-0.4, -0.2) is 11.2 Å². The third-order valence-corrected chi connectivity index (χ3v) is 2.74. The van der Waals surface area contributed by atoms with Crippen molar-refractivity contribution in [1.29, 1.82) is 0 Å². The van der Waals surface area contributed by atoms with Gasteiger partial charge in [0.25, 0.3) is 0 Å². The van der Waals surface area contributed by atoms with Crippen molar-refractivity contribution in [2.45, 2.75) is 17.6 Å². The van der Waals surface area contributed by atoms with E-state index in [1.807, 2.05) is 6.07 Å². The van der Waals surface area contributed by atoms with Crippen LogP contribution in [0.15, 0.2) is 18.2 Å². The quantitative estimate of drug-likeness (QED) is 0.524. The average molecular weight is 277 g/mol. The summed E-state index contributed by atoms with van der Waals surface area (Å²) in [6.07, 6.45) is 0. The van der Waals surface area contributed by atoms with Crippen LogP contribution < -0.4 is 5.73 Å². The van der Waals surface area contributed by atoms with Crippen LogP contribution in [-0.2, 0) is 5.33 Å². The van der Waals surface area contributed by atoms with Crippen LogP contribution in [0, 0.1) is 0 Å². The molecular formula is C10H11BrClNO. The molecule has 0 aliphatic carbocycles. The van der Waals surface area contributed by atoms with Crippen LogP contribution in [0.2, 0.25) is 0 Å². The highest BCUT2D eigenvalue weighted by Gasteiger charge is 2.15. The third kappa shape index (κ3) is 2.49. The molecule has 2 nitrogen and oxygen atoms in total. The average Bonchev–Trinajstić information content (AvgIpc) is 2.17. The van der Waals surface area contributed by atoms with Crippen molar-refractivity contribution in [1.82, 2.24) is 0 Å². The molecule has 1 atom stereocenters. The fourth-order valence-corrected chi connectivity index (χ4v) is 1.58. The van der Waals surface area contributed by atoms with E-state index in [1.165, 1.54) is 0 Å². The Bertz CT molecular complexity index is 352. The predicted molar refractivity (Wildman–Crippen MR) is 63.1 cm³/mol. The predicted octanol–water partition coefficient (Wildman–Crippen LogP) is 2.97. The molecule has 4 heteroatoms. The Hall–Kier alpha value is -0.540. The first-order valence-electron chi connectivity index (χ1n) is 4.19. The zero-order valence-corrected chi connectivity index (χ0v) is 10.1. The first-order chi connectivity index (χ1) is 6.56. The van der Waals surface area contributed by atoms with Gasteiger partial charge in [-0.3, -0.25) is 4.79 Å². The molecule has 1 aromatic carbocycles. The van der Waals surface area contributed by atoms with Gasteiger partial charge in [0, 0.05) is 16.6 Å². The van der Waals surface area contributed by atoms with Gasteiger partial charge in [0.2, 0.25) is 0 Å². The van der Waals surface area contributed by atoms with Gasteiger partial charge in [-0.15, -0.1) is 11.6 Å². The molecule has 0 bridgehead atoms. The molecule has 1 unspecified atom stereocenters. The molecule has 0 aliphatic heterocycles. The molecule has 2 N–H and O–H groups in total. The lowest BCUT2D eigenvalue weighted by Gasteiger charge is -2.07. The smallest absolute Gasteiger partial charge is 0.182 e. The van der Waals surface area contributed by atoms with Gasteiger partial charge in [-0.1, -0.05) is 22.0 Å². The van der Waals surface area contributed by atoms with Gasteiger partial charge in [0.15, 0.2) is 5.78 Å². The second-order valence-electron chi connectivity index (χ2n) is 3.04. The van der Waals surface area contributed by atoms with Gasteiger partial charge in [0.05, 0.1) is 5.38 Å². The molecule has 1 aromatic rings. The number of nitrogens with two attached hydrogens (primary N) is 1. The minimum Gasteiger partial charge on any atom is -0.398 e. The van der Waals surface area contributed by atoms with Crippen LogP contribution in [0.5, 0.6) is 0 Å². The number of hydrogen-bond acceptors (Lipinski definition) is 2. The summed E-state index contributed by atoms with van der Waals surface area (Å²) in [7, 11) is 0. The largest absolute Gasteiger partial charge is 0.398 e. The second kappa shape index (κ2) is 4.80. The molecule has 76 valence electrons. The highest BCUT2D eigenvalue weighted by atomic mass is 79.9. The summed E-state index contributed by atoms with van der Waals surface area (Å²) >= 11 is 9.03. The van der Waals surface area contributed by atoms with Crippen molar-refractivity contribution in [2.24, 2.45) is 0 Å². The van der Waals surface area contributed by atoms with Crippen molar-refractivity contribution < 1.29 is 4.79 Å². The van der Waals surface area contributed by atoms with Crippen LogP contribution in [0.4, 0.5) is 5.69 Å². The lowest BCUT2D eigenvalue weighted by atomic mass is 10.0. The fourth-order valence-electron chi connectivity index (χ4n) is 1.11. The number of alkyl halides is 2. The molecule has 0 fully saturated rings. The number of rotatable bonds is 3. The van der Waals surface area contributed by atoms with Crippen molar-refractivity contribution in [3.63, 3.8) is 0 Å². The summed E-state index contributed by atoms with van der Waals surface area (Å²) in [5.41, 5.74) is 7.68. The molecule has 0 saturated carbocycles. The minimum atomic E-state index is -0.539. The van der Waals surface area contributed by atoms with Gasteiger partial charge in [0.1, 0.15) is 0 Å². The van der Waals surface area contributed by atoms with E-state index in [1.54, 1.807) is 19.1 Å². The minimum absolute atomic E-state index is 0.132. The molecule has 0 aliphatic rings. The molecule has 0 saturated heterocycles. The molecule has 0 radical (unpaired) electrons. The second-order valence-corrected chi connectivity index (χ2v) is 4.25. The Morgan fingerprint density at radius 3 is 2.79 bits per heavy atom. The standard InChI is InChI=1S/C10H11BrClNO/c1-6(12)10(14)8-4-7(5-11)2-3-9(8)13/h2-4,6H,5,13H2,1H3. The van der Waals surface area contributed by atoms with E-state index in [4.69, 9.17) is 17.3 Å². The Labute approximate surface area is 96.6 Å². The molecule has 1 rings (SSSR count). The van der Waals surface area contributed by atoms with E-state index in [-0.39, 0.29) is 5.78 Å². The number of benzene rings is 1. The molecule has 0 heterocycles. The number of carbonyl (C=O) groups excluding carboxylic acids is 1. The van der Waals surface area contributed by atoms with Gasteiger partial charge in [-0.25, -0.2) is 0 Å². The van der Waals surface area contributed by atoms with Gasteiger partial charge < -0.3 is 5.73 Å². The van der Waals surface area contributed by atoms with E-state index >= 15 is 0 Å². The highest BCUT2D eigenvalue weighted by Crippen LogP contribution is 2.19. The van der Waals surface area contributed by atoms with Gasteiger partial charge >= 0.3 is 0 Å². The number of nitrogen functional groups attached to an aromatic ring is 1. The van der Waals surface area contributed by atoms with Crippen LogP contribution in [0.25, 0.3) is 0 Å². The maximum absolute atomic E-state index is 11.6. The van der Waals surface area contributed by atoms with E-state index in [2.05, 4.69) is 15.9 Å². The fraction of sp³-hybridized carbons (Fsp3) is 0.300.